The van der Waals surface area contributed by atoms with E-state index in [1.165, 1.54) is 36.7 Å². The third-order valence-corrected chi connectivity index (χ3v) is 12.1. The summed E-state index contributed by atoms with van der Waals surface area (Å²) in [6, 6.07) is 16.0. The second-order valence-electron chi connectivity index (χ2n) is 14.3. The summed E-state index contributed by atoms with van der Waals surface area (Å²) < 4.78 is 79.5. The first-order valence-corrected chi connectivity index (χ1v) is 21.4. The van der Waals surface area contributed by atoms with E-state index >= 15 is 0 Å². The van der Waals surface area contributed by atoms with Crippen molar-refractivity contribution in [3.63, 3.8) is 0 Å². The minimum absolute atomic E-state index is 0.0439. The van der Waals surface area contributed by atoms with Crippen LogP contribution in [0.4, 0.5) is 39.5 Å². The number of aromatic nitrogens is 3. The van der Waals surface area contributed by atoms with Gasteiger partial charge in [0.25, 0.3) is 5.91 Å². The fraction of sp³-hybridized carbons (Fsp3) is 0.293. The molecule has 1 fully saturated rings. The molecule has 5 heterocycles. The van der Waals surface area contributed by atoms with Crippen LogP contribution in [0.5, 0.6) is 0 Å². The Morgan fingerprint density at radius 1 is 1.08 bits per heavy atom. The van der Waals surface area contributed by atoms with E-state index in [1.807, 2.05) is 18.2 Å². The van der Waals surface area contributed by atoms with Gasteiger partial charge >= 0.3 is 12.2 Å². The number of piperidine rings is 1. The minimum atomic E-state index is -4.62. The molecule has 0 unspecified atom stereocenters. The van der Waals surface area contributed by atoms with Gasteiger partial charge in [-0.25, -0.2) is 32.6 Å². The van der Waals surface area contributed by atoms with Crippen LogP contribution in [0.1, 0.15) is 56.3 Å². The van der Waals surface area contributed by atoms with Crippen LogP contribution in [-0.2, 0) is 41.9 Å². The number of allylic oxidation sites excluding steroid dienone is 1. The van der Waals surface area contributed by atoms with Crippen molar-refractivity contribution in [3.8, 4) is 10.4 Å². The number of carbonyl (C=O) groups is 2. The zero-order valence-electron chi connectivity index (χ0n) is 32.7. The lowest BCUT2D eigenvalue weighted by atomic mass is 10.0. The molecular formula is C41H43F4N9O4S2. The SMILES string of the molecule is C=C1Cc2cc(Cc3ncc(C(F)(F)F)c(CCc4cccnc4N(C)S(C)(=O)=O)n3)ccc2N1.NC(=O)Nc1cc(-c2cccc(F)c2)sc1C(=O)N[C@H]1CCCNC1. The Hall–Kier alpha value is -5.92. The summed E-state index contributed by atoms with van der Waals surface area (Å²) >= 11 is 1.19. The van der Waals surface area contributed by atoms with Crippen molar-refractivity contribution in [2.45, 2.75) is 50.7 Å². The van der Waals surface area contributed by atoms with Gasteiger partial charge in [-0.1, -0.05) is 36.9 Å². The maximum Gasteiger partial charge on any atom is 0.419 e. The molecule has 60 heavy (non-hydrogen) atoms. The van der Waals surface area contributed by atoms with Gasteiger partial charge in [-0.15, -0.1) is 11.3 Å². The number of benzene rings is 2. The van der Waals surface area contributed by atoms with Gasteiger partial charge in [0.05, 0.1) is 23.2 Å². The molecule has 2 aromatic carbocycles. The Balaban J connectivity index is 0.000000213. The lowest BCUT2D eigenvalue weighted by Gasteiger charge is -2.23. The van der Waals surface area contributed by atoms with E-state index in [2.05, 4.69) is 42.8 Å². The summed E-state index contributed by atoms with van der Waals surface area (Å²) in [4.78, 5) is 37.3. The molecule has 0 spiro atoms. The molecule has 0 radical (unpaired) electrons. The number of thiophene rings is 1. The number of anilines is 3. The van der Waals surface area contributed by atoms with E-state index in [-0.39, 0.29) is 54.4 Å². The van der Waals surface area contributed by atoms with Gasteiger partial charge in [-0.05, 0) is 84.8 Å². The summed E-state index contributed by atoms with van der Waals surface area (Å²) in [5, 5.41) is 11.9. The molecule has 6 N–H and O–H groups in total. The van der Waals surface area contributed by atoms with Crippen LogP contribution in [0.25, 0.3) is 10.4 Å². The highest BCUT2D eigenvalue weighted by atomic mass is 32.2. The van der Waals surface area contributed by atoms with Gasteiger partial charge < -0.3 is 27.0 Å². The number of nitrogens with one attached hydrogen (secondary N) is 4. The van der Waals surface area contributed by atoms with E-state index in [0.29, 0.717) is 39.5 Å². The number of halogens is 4. The molecule has 2 aliphatic heterocycles. The van der Waals surface area contributed by atoms with Crippen molar-refractivity contribution in [1.82, 2.24) is 25.6 Å². The summed E-state index contributed by atoms with van der Waals surface area (Å²) in [6.45, 7) is 5.58. The average molecular weight is 866 g/mol. The Bertz CT molecular complexity index is 2510. The molecule has 316 valence electrons. The molecule has 7 rings (SSSR count). The van der Waals surface area contributed by atoms with Gasteiger partial charge in [0.2, 0.25) is 10.0 Å². The lowest BCUT2D eigenvalue weighted by molar-refractivity contribution is -0.138. The minimum Gasteiger partial charge on any atom is -0.359 e. The number of primary amides is 1. The fourth-order valence-corrected chi connectivity index (χ4v) is 8.25. The molecule has 1 atom stereocenters. The first kappa shape index (κ1) is 43.7. The normalized spacial score (nSPS) is 15.0. The van der Waals surface area contributed by atoms with Crippen molar-refractivity contribution in [1.29, 1.82) is 0 Å². The number of amides is 3. The van der Waals surface area contributed by atoms with Crippen molar-refractivity contribution in [3.05, 3.63) is 130 Å². The molecule has 0 bridgehead atoms. The second kappa shape index (κ2) is 18.6. The van der Waals surface area contributed by atoms with Crippen molar-refractivity contribution in [2.24, 2.45) is 5.73 Å². The van der Waals surface area contributed by atoms with Gasteiger partial charge in [0.1, 0.15) is 22.3 Å². The topological polar surface area (TPSA) is 184 Å². The molecule has 0 saturated carbocycles. The number of urea groups is 1. The van der Waals surface area contributed by atoms with Gasteiger partial charge in [-0.2, -0.15) is 13.2 Å². The first-order valence-electron chi connectivity index (χ1n) is 18.8. The Morgan fingerprint density at radius 2 is 1.88 bits per heavy atom. The zero-order valence-corrected chi connectivity index (χ0v) is 34.3. The number of aryl methyl sites for hydroxylation is 2. The standard InChI is InChI=1S/C24H24F3N5O2S.C17H19FN4O2S/c1-15-11-18-12-16(6-8-20(18)30-15)13-22-29-14-19(24(25,26)27)21(31-22)9-7-17-5-4-10-28-23(17)32(2)35(3,33)34;18-11-4-1-3-10(7-11)14-8-13(22-17(19)24)15(25-14)16(23)21-12-5-2-6-20-9-12/h4-6,8,10,12,14,30H,1,7,9,11,13H2,2-3H3;1,3-4,7-8,12,20H,2,5-6,9H2,(H,21,23)(H3,19,22,24)/t;12-/m.0/s1. The van der Waals surface area contributed by atoms with Crippen LogP contribution in [0, 0.1) is 5.82 Å². The molecule has 19 heteroatoms. The van der Waals surface area contributed by atoms with Crippen molar-refractivity contribution < 1.29 is 35.6 Å². The summed E-state index contributed by atoms with van der Waals surface area (Å²) in [5.74, 6) is -0.191. The maximum atomic E-state index is 13.7. The Labute approximate surface area is 348 Å². The number of hydrogen-bond donors (Lipinski definition) is 5. The van der Waals surface area contributed by atoms with E-state index in [9.17, 15) is 35.6 Å². The number of nitrogens with two attached hydrogens (primary N) is 1. The Kier molecular flexibility index (Phi) is 13.5. The van der Waals surface area contributed by atoms with Crippen LogP contribution >= 0.6 is 11.3 Å². The van der Waals surface area contributed by atoms with Gasteiger partial charge in [-0.3, -0.25) is 9.10 Å². The number of carbonyl (C=O) groups excluding carboxylic acids is 2. The van der Waals surface area contributed by atoms with Gasteiger partial charge in [0.15, 0.2) is 0 Å². The molecular weight excluding hydrogens is 823 g/mol. The third kappa shape index (κ3) is 11.2. The number of fused-ring (bicyclic) bond motifs is 1. The molecule has 3 amide bonds. The summed E-state index contributed by atoms with van der Waals surface area (Å²) in [7, 11) is -2.23. The number of alkyl halides is 3. The summed E-state index contributed by atoms with van der Waals surface area (Å²) in [6.07, 6.45) is 1.60. The zero-order chi connectivity index (χ0) is 43.2. The first-order chi connectivity index (χ1) is 28.4. The number of nitrogens with zero attached hydrogens (tertiary/aromatic N) is 4. The van der Waals surface area contributed by atoms with Crippen LogP contribution in [0.15, 0.2) is 85.3 Å². The Morgan fingerprint density at radius 3 is 2.58 bits per heavy atom. The van der Waals surface area contributed by atoms with Crippen molar-refractivity contribution in [2.75, 3.05) is 41.3 Å². The number of sulfonamides is 1. The number of pyridine rings is 1. The third-order valence-electron chi connectivity index (χ3n) is 9.70. The van der Waals surface area contributed by atoms with E-state index in [4.69, 9.17) is 5.73 Å². The number of rotatable bonds is 11. The van der Waals surface area contributed by atoms with Crippen LogP contribution in [0.3, 0.4) is 0 Å². The smallest absolute Gasteiger partial charge is 0.359 e. The van der Waals surface area contributed by atoms with E-state index in [0.717, 1.165) is 58.7 Å². The highest BCUT2D eigenvalue weighted by molar-refractivity contribution is 7.92. The van der Waals surface area contributed by atoms with Crippen LogP contribution in [-0.4, -0.2) is 67.7 Å². The van der Waals surface area contributed by atoms with E-state index in [1.54, 1.807) is 30.3 Å². The quantitative estimate of drug-likeness (QED) is 0.0906. The van der Waals surface area contributed by atoms with E-state index < -0.39 is 27.8 Å². The molecule has 1 saturated heterocycles. The molecule has 0 aliphatic carbocycles. The van der Waals surface area contributed by atoms with Gasteiger partial charge in [0, 0.05) is 61.1 Å². The molecule has 3 aromatic heterocycles. The summed E-state index contributed by atoms with van der Waals surface area (Å²) in [5.41, 5.74) is 9.44. The predicted octanol–water partition coefficient (Wildman–Crippen LogP) is 6.67. The average Bonchev–Trinajstić information content (AvgIpc) is 3.79. The molecule has 2 aliphatic rings. The largest absolute Gasteiger partial charge is 0.419 e. The predicted molar refractivity (Wildman–Crippen MR) is 224 cm³/mol. The molecule has 13 nitrogen and oxygen atoms in total. The highest BCUT2D eigenvalue weighted by Crippen LogP contribution is 2.36. The number of hydrogen-bond acceptors (Lipinski definition) is 10. The van der Waals surface area contributed by atoms with Crippen LogP contribution < -0.4 is 31.3 Å². The monoisotopic (exact) mass is 865 g/mol. The van der Waals surface area contributed by atoms with Crippen LogP contribution in [0.2, 0.25) is 0 Å². The fourth-order valence-electron chi connectivity index (χ4n) is 6.76. The highest BCUT2D eigenvalue weighted by Gasteiger charge is 2.35. The second-order valence-corrected chi connectivity index (χ2v) is 17.4. The molecule has 5 aromatic rings. The van der Waals surface area contributed by atoms with Crippen molar-refractivity contribution >= 4 is 50.5 Å². The lowest BCUT2D eigenvalue weighted by Crippen LogP contribution is -2.45. The maximum absolute atomic E-state index is 13.7.